The molecular formula is C13H23NO5. The number of hydrogen-bond acceptors (Lipinski definition) is 5. The third kappa shape index (κ3) is 5.92. The standard InChI is InChI=1S/C13H23NO5/c1-13(2,3)19-12(16)14-6-10-8-18-7-9(10)5-11(15)17-4/h9-10H,5-8H2,1-4H3,(H,14,16)/t9-,10+/m0/s1. The number of amides is 1. The molecule has 19 heavy (non-hydrogen) atoms. The quantitative estimate of drug-likeness (QED) is 0.782. The minimum atomic E-state index is -0.512. The maximum absolute atomic E-state index is 11.5. The number of carbonyl (C=O) groups excluding carboxylic acids is 2. The number of carbonyl (C=O) groups is 2. The van der Waals surface area contributed by atoms with Gasteiger partial charge in [0.1, 0.15) is 5.60 Å². The summed E-state index contributed by atoms with van der Waals surface area (Å²) >= 11 is 0. The predicted octanol–water partition coefficient (Wildman–Crippen LogP) is 1.34. The van der Waals surface area contributed by atoms with Crippen molar-refractivity contribution in [3.8, 4) is 0 Å². The number of nitrogens with one attached hydrogen (secondary N) is 1. The van der Waals surface area contributed by atoms with Crippen LogP contribution in [0.4, 0.5) is 4.79 Å². The van der Waals surface area contributed by atoms with Gasteiger partial charge in [0.15, 0.2) is 0 Å². The maximum Gasteiger partial charge on any atom is 0.407 e. The highest BCUT2D eigenvalue weighted by Crippen LogP contribution is 2.23. The summed E-state index contributed by atoms with van der Waals surface area (Å²) in [4.78, 5) is 22.8. The van der Waals surface area contributed by atoms with Crippen LogP contribution in [0.3, 0.4) is 0 Å². The molecule has 1 amide bonds. The zero-order valence-electron chi connectivity index (χ0n) is 12.0. The first-order valence-corrected chi connectivity index (χ1v) is 6.43. The van der Waals surface area contributed by atoms with Gasteiger partial charge in [-0.25, -0.2) is 4.79 Å². The van der Waals surface area contributed by atoms with Crippen LogP contribution in [0, 0.1) is 11.8 Å². The molecule has 1 aliphatic heterocycles. The Hall–Kier alpha value is -1.30. The molecule has 0 aliphatic carbocycles. The second kappa shape index (κ2) is 6.75. The fourth-order valence-electron chi connectivity index (χ4n) is 1.92. The number of alkyl carbamates (subject to hydrolysis) is 1. The van der Waals surface area contributed by atoms with Crippen LogP contribution in [0.5, 0.6) is 0 Å². The van der Waals surface area contributed by atoms with E-state index in [1.807, 2.05) is 20.8 Å². The van der Waals surface area contributed by atoms with Gasteiger partial charge >= 0.3 is 12.1 Å². The summed E-state index contributed by atoms with van der Waals surface area (Å²) in [7, 11) is 1.37. The summed E-state index contributed by atoms with van der Waals surface area (Å²) in [5.41, 5.74) is -0.512. The molecule has 0 aromatic carbocycles. The Labute approximate surface area is 113 Å². The molecular weight excluding hydrogens is 250 g/mol. The van der Waals surface area contributed by atoms with Crippen molar-refractivity contribution in [2.45, 2.75) is 32.8 Å². The first-order chi connectivity index (χ1) is 8.81. The summed E-state index contributed by atoms with van der Waals surface area (Å²) in [5, 5.41) is 2.71. The lowest BCUT2D eigenvalue weighted by Gasteiger charge is -2.21. The third-order valence-corrected chi connectivity index (χ3v) is 2.89. The van der Waals surface area contributed by atoms with Crippen LogP contribution < -0.4 is 5.32 Å². The van der Waals surface area contributed by atoms with Crippen LogP contribution >= 0.6 is 0 Å². The van der Waals surface area contributed by atoms with Crippen molar-refractivity contribution in [1.29, 1.82) is 0 Å². The Bertz CT molecular complexity index is 323. The van der Waals surface area contributed by atoms with Crippen molar-refractivity contribution in [1.82, 2.24) is 5.32 Å². The maximum atomic E-state index is 11.5. The number of methoxy groups -OCH3 is 1. The summed E-state index contributed by atoms with van der Waals surface area (Å²) in [5.74, 6) is -0.0493. The van der Waals surface area contributed by atoms with Crippen LogP contribution in [0.1, 0.15) is 27.2 Å². The van der Waals surface area contributed by atoms with Crippen molar-refractivity contribution in [3.05, 3.63) is 0 Å². The average molecular weight is 273 g/mol. The normalized spacial score (nSPS) is 22.9. The van der Waals surface area contributed by atoms with Gasteiger partial charge in [0.2, 0.25) is 0 Å². The number of rotatable bonds is 4. The van der Waals surface area contributed by atoms with Gasteiger partial charge in [-0.3, -0.25) is 4.79 Å². The van der Waals surface area contributed by atoms with Gasteiger partial charge in [-0.1, -0.05) is 0 Å². The van der Waals surface area contributed by atoms with Gasteiger partial charge in [0, 0.05) is 12.5 Å². The molecule has 0 spiro atoms. The van der Waals surface area contributed by atoms with E-state index in [4.69, 9.17) is 9.47 Å². The second-order valence-corrected chi connectivity index (χ2v) is 5.72. The Morgan fingerprint density at radius 3 is 2.47 bits per heavy atom. The smallest absolute Gasteiger partial charge is 0.407 e. The van der Waals surface area contributed by atoms with Gasteiger partial charge in [0.05, 0.1) is 26.7 Å². The van der Waals surface area contributed by atoms with Crippen molar-refractivity contribution in [2.75, 3.05) is 26.9 Å². The second-order valence-electron chi connectivity index (χ2n) is 5.72. The summed E-state index contributed by atoms with van der Waals surface area (Å²) in [6.07, 6.45) is -0.131. The van der Waals surface area contributed by atoms with E-state index in [-0.39, 0.29) is 17.8 Å². The molecule has 0 unspecified atom stereocenters. The van der Waals surface area contributed by atoms with Gasteiger partial charge in [-0.05, 0) is 26.7 Å². The van der Waals surface area contributed by atoms with Gasteiger partial charge in [0.25, 0.3) is 0 Å². The SMILES string of the molecule is COC(=O)C[C@H]1COC[C@H]1CNC(=O)OC(C)(C)C. The predicted molar refractivity (Wildman–Crippen MR) is 68.7 cm³/mol. The number of ether oxygens (including phenoxy) is 3. The van der Waals surface area contributed by atoms with Crippen LogP contribution in [0.2, 0.25) is 0 Å². The van der Waals surface area contributed by atoms with Crippen molar-refractivity contribution in [2.24, 2.45) is 11.8 Å². The molecule has 110 valence electrons. The van der Waals surface area contributed by atoms with Crippen molar-refractivity contribution >= 4 is 12.1 Å². The zero-order chi connectivity index (χ0) is 14.5. The van der Waals surface area contributed by atoms with E-state index in [1.165, 1.54) is 7.11 Å². The van der Waals surface area contributed by atoms with Crippen LogP contribution in [0.25, 0.3) is 0 Å². The Morgan fingerprint density at radius 1 is 1.26 bits per heavy atom. The monoisotopic (exact) mass is 273 g/mol. The van der Waals surface area contributed by atoms with Crippen molar-refractivity contribution < 1.29 is 23.8 Å². The molecule has 6 heteroatoms. The van der Waals surface area contributed by atoms with Gasteiger partial charge in [-0.2, -0.15) is 0 Å². The minimum Gasteiger partial charge on any atom is -0.469 e. The van der Waals surface area contributed by atoms with E-state index in [2.05, 4.69) is 10.1 Å². The van der Waals surface area contributed by atoms with E-state index in [9.17, 15) is 9.59 Å². The zero-order valence-corrected chi connectivity index (χ0v) is 12.0. The Kier molecular flexibility index (Phi) is 5.60. The highest BCUT2D eigenvalue weighted by atomic mass is 16.6. The van der Waals surface area contributed by atoms with E-state index in [0.717, 1.165) is 0 Å². The molecule has 1 saturated heterocycles. The lowest BCUT2D eigenvalue weighted by Crippen LogP contribution is -2.37. The molecule has 0 aromatic heterocycles. The Morgan fingerprint density at radius 2 is 1.89 bits per heavy atom. The molecule has 6 nitrogen and oxygen atoms in total. The van der Waals surface area contributed by atoms with Crippen molar-refractivity contribution in [3.63, 3.8) is 0 Å². The molecule has 2 atom stereocenters. The highest BCUT2D eigenvalue weighted by molar-refractivity contribution is 5.69. The number of esters is 1. The van der Waals surface area contributed by atoms with Crippen LogP contribution in [-0.2, 0) is 19.0 Å². The fourth-order valence-corrected chi connectivity index (χ4v) is 1.92. The fraction of sp³-hybridized carbons (Fsp3) is 0.846. The van der Waals surface area contributed by atoms with E-state index in [1.54, 1.807) is 0 Å². The van der Waals surface area contributed by atoms with E-state index in [0.29, 0.717) is 26.2 Å². The molecule has 1 N–H and O–H groups in total. The highest BCUT2D eigenvalue weighted by Gasteiger charge is 2.31. The molecule has 1 aliphatic rings. The van der Waals surface area contributed by atoms with Gasteiger partial charge in [-0.15, -0.1) is 0 Å². The third-order valence-electron chi connectivity index (χ3n) is 2.89. The van der Waals surface area contributed by atoms with Crippen LogP contribution in [0.15, 0.2) is 0 Å². The topological polar surface area (TPSA) is 73.9 Å². The molecule has 1 heterocycles. The molecule has 0 aromatic rings. The molecule has 1 fully saturated rings. The van der Waals surface area contributed by atoms with Crippen LogP contribution in [-0.4, -0.2) is 44.5 Å². The lowest BCUT2D eigenvalue weighted by molar-refractivity contribution is -0.142. The number of hydrogen-bond donors (Lipinski definition) is 1. The molecule has 1 rings (SSSR count). The minimum absolute atomic E-state index is 0.0855. The summed E-state index contributed by atoms with van der Waals surface area (Å²) < 4.78 is 15.1. The molecule has 0 bridgehead atoms. The average Bonchev–Trinajstić information content (AvgIpc) is 2.71. The largest absolute Gasteiger partial charge is 0.469 e. The summed E-state index contributed by atoms with van der Waals surface area (Å²) in [6, 6.07) is 0. The first-order valence-electron chi connectivity index (χ1n) is 6.43. The molecule has 0 saturated carbocycles. The Balaban J connectivity index is 2.35. The van der Waals surface area contributed by atoms with E-state index >= 15 is 0 Å². The van der Waals surface area contributed by atoms with E-state index < -0.39 is 11.7 Å². The van der Waals surface area contributed by atoms with Gasteiger partial charge < -0.3 is 19.5 Å². The summed E-state index contributed by atoms with van der Waals surface area (Å²) in [6.45, 7) is 6.94. The first kappa shape index (κ1) is 15.8. The lowest BCUT2D eigenvalue weighted by atomic mass is 9.93. The molecule has 0 radical (unpaired) electrons.